The van der Waals surface area contributed by atoms with Crippen LogP contribution in [0.25, 0.3) is 0 Å². The van der Waals surface area contributed by atoms with E-state index in [4.69, 9.17) is 0 Å². The molecule has 0 fully saturated rings. The molecule has 0 aliphatic heterocycles. The molecule has 0 bridgehead atoms. The van der Waals surface area contributed by atoms with Gasteiger partial charge in [-0.15, -0.1) is 0 Å². The zero-order valence-corrected chi connectivity index (χ0v) is 15.3. The van der Waals surface area contributed by atoms with Crippen molar-refractivity contribution in [2.45, 2.75) is 38.6 Å². The fraction of sp³-hybridized carbons (Fsp3) is 0.579. The third-order valence-corrected chi connectivity index (χ3v) is 4.57. The van der Waals surface area contributed by atoms with Crippen molar-refractivity contribution < 1.29 is 9.59 Å². The molecule has 0 radical (unpaired) electrons. The second-order valence-electron chi connectivity index (χ2n) is 6.98. The monoisotopic (exact) mass is 331 g/mol. The second-order valence-corrected chi connectivity index (χ2v) is 6.98. The third kappa shape index (κ3) is 5.06. The van der Waals surface area contributed by atoms with Gasteiger partial charge in [-0.3, -0.25) is 14.5 Å². The summed E-state index contributed by atoms with van der Waals surface area (Å²) in [6, 6.07) is 6.53. The van der Waals surface area contributed by atoms with Crippen LogP contribution in [0.2, 0.25) is 0 Å². The van der Waals surface area contributed by atoms with Gasteiger partial charge in [-0.1, -0.05) is 18.2 Å². The first-order valence-electron chi connectivity index (χ1n) is 8.66. The number of benzene rings is 1. The summed E-state index contributed by atoms with van der Waals surface area (Å²) < 4.78 is 0. The second kappa shape index (κ2) is 8.29. The molecule has 1 atom stereocenters. The minimum Gasteiger partial charge on any atom is -0.348 e. The molecule has 5 heteroatoms. The Morgan fingerprint density at radius 1 is 1.08 bits per heavy atom. The van der Waals surface area contributed by atoms with Crippen LogP contribution in [0.4, 0.5) is 0 Å². The Balaban J connectivity index is 1.88. The summed E-state index contributed by atoms with van der Waals surface area (Å²) in [5, 5.41) is 3.03. The Bertz CT molecular complexity index is 598. The van der Waals surface area contributed by atoms with E-state index in [9.17, 15) is 9.59 Å². The molecule has 1 aromatic rings. The van der Waals surface area contributed by atoms with Crippen LogP contribution in [0.5, 0.6) is 0 Å². The van der Waals surface area contributed by atoms with Crippen molar-refractivity contribution in [3.8, 4) is 0 Å². The van der Waals surface area contributed by atoms with Gasteiger partial charge in [0.2, 0.25) is 11.8 Å². The van der Waals surface area contributed by atoms with Crippen molar-refractivity contribution in [1.82, 2.24) is 15.1 Å². The molecule has 24 heavy (non-hydrogen) atoms. The number of carbonyl (C=O) groups excluding carboxylic acids is 2. The van der Waals surface area contributed by atoms with Gasteiger partial charge in [-0.05, 0) is 56.3 Å². The molecule has 5 nitrogen and oxygen atoms in total. The van der Waals surface area contributed by atoms with E-state index in [2.05, 4.69) is 23.5 Å². The van der Waals surface area contributed by atoms with E-state index < -0.39 is 0 Å². The fourth-order valence-electron chi connectivity index (χ4n) is 3.07. The van der Waals surface area contributed by atoms with Gasteiger partial charge in [0.1, 0.15) is 0 Å². The average Bonchev–Trinajstić information content (AvgIpc) is 2.53. The molecule has 1 aliphatic carbocycles. The first kappa shape index (κ1) is 18.5. The van der Waals surface area contributed by atoms with E-state index in [1.165, 1.54) is 35.3 Å². The van der Waals surface area contributed by atoms with E-state index in [1.807, 2.05) is 6.92 Å². The van der Waals surface area contributed by atoms with Gasteiger partial charge in [0, 0.05) is 14.1 Å². The third-order valence-electron chi connectivity index (χ3n) is 4.57. The Labute approximate surface area is 145 Å². The van der Waals surface area contributed by atoms with E-state index in [-0.39, 0.29) is 30.9 Å². The van der Waals surface area contributed by atoms with Gasteiger partial charge in [-0.2, -0.15) is 0 Å². The van der Waals surface area contributed by atoms with Crippen LogP contribution < -0.4 is 5.32 Å². The number of hydrogen-bond acceptors (Lipinski definition) is 3. The highest BCUT2D eigenvalue weighted by molar-refractivity contribution is 5.81. The normalized spacial score (nSPS) is 14.9. The number of aryl methyl sites for hydroxylation is 2. The molecule has 0 saturated heterocycles. The molecule has 2 amide bonds. The molecule has 1 aliphatic rings. The van der Waals surface area contributed by atoms with Gasteiger partial charge < -0.3 is 10.2 Å². The van der Waals surface area contributed by atoms with E-state index >= 15 is 0 Å². The first-order chi connectivity index (χ1) is 11.4. The van der Waals surface area contributed by atoms with Crippen LogP contribution in [-0.2, 0) is 22.4 Å². The molecule has 1 aromatic carbocycles. The summed E-state index contributed by atoms with van der Waals surface area (Å²) in [6.45, 7) is 2.47. The molecule has 0 saturated carbocycles. The minimum absolute atomic E-state index is 0.00645. The van der Waals surface area contributed by atoms with Crippen LogP contribution in [0, 0.1) is 0 Å². The maximum absolute atomic E-state index is 12.2. The zero-order valence-electron chi connectivity index (χ0n) is 15.3. The number of nitrogens with zero attached hydrogens (tertiary/aromatic N) is 2. The quantitative estimate of drug-likeness (QED) is 0.864. The lowest BCUT2D eigenvalue weighted by molar-refractivity contribution is -0.130. The molecule has 2 rings (SSSR count). The lowest BCUT2D eigenvalue weighted by atomic mass is 9.89. The van der Waals surface area contributed by atoms with Crippen LogP contribution in [0.15, 0.2) is 18.2 Å². The Morgan fingerprint density at radius 2 is 1.75 bits per heavy atom. The molecular weight excluding hydrogens is 302 g/mol. The molecular formula is C19H29N3O2. The van der Waals surface area contributed by atoms with Crippen molar-refractivity contribution in [1.29, 1.82) is 0 Å². The zero-order chi connectivity index (χ0) is 17.7. The van der Waals surface area contributed by atoms with E-state index in [0.29, 0.717) is 0 Å². The molecule has 0 spiro atoms. The molecule has 0 aromatic heterocycles. The van der Waals surface area contributed by atoms with Gasteiger partial charge in [0.15, 0.2) is 0 Å². The molecule has 0 heterocycles. The number of hydrogen-bond donors (Lipinski definition) is 1. The maximum Gasteiger partial charge on any atom is 0.236 e. The van der Waals surface area contributed by atoms with Gasteiger partial charge in [-0.25, -0.2) is 0 Å². The fourth-order valence-corrected chi connectivity index (χ4v) is 3.07. The summed E-state index contributed by atoms with van der Waals surface area (Å²) in [5.41, 5.74) is 4.02. The topological polar surface area (TPSA) is 52.7 Å². The smallest absolute Gasteiger partial charge is 0.236 e. The minimum atomic E-state index is -0.0609. The van der Waals surface area contributed by atoms with Crippen LogP contribution in [0.3, 0.4) is 0 Å². The molecule has 132 valence electrons. The van der Waals surface area contributed by atoms with Crippen molar-refractivity contribution in [2.24, 2.45) is 0 Å². The van der Waals surface area contributed by atoms with E-state index in [0.717, 1.165) is 12.0 Å². The van der Waals surface area contributed by atoms with Crippen LogP contribution in [0.1, 0.15) is 42.5 Å². The predicted octanol–water partition coefficient (Wildman–Crippen LogP) is 1.76. The van der Waals surface area contributed by atoms with Gasteiger partial charge in [0.25, 0.3) is 0 Å². The van der Waals surface area contributed by atoms with Crippen LogP contribution >= 0.6 is 0 Å². The number of carbonyl (C=O) groups is 2. The lowest BCUT2D eigenvalue weighted by Crippen LogP contribution is -2.41. The summed E-state index contributed by atoms with van der Waals surface area (Å²) >= 11 is 0. The van der Waals surface area contributed by atoms with Gasteiger partial charge in [0.05, 0.1) is 19.1 Å². The summed E-state index contributed by atoms with van der Waals surface area (Å²) in [7, 11) is 5.22. The average molecular weight is 331 g/mol. The number of rotatable bonds is 6. The number of nitrogens with one attached hydrogen (secondary N) is 1. The Kier molecular flexibility index (Phi) is 6.37. The maximum atomic E-state index is 12.2. The summed E-state index contributed by atoms with van der Waals surface area (Å²) in [5.74, 6) is -0.0673. The molecule has 1 N–H and O–H groups in total. The summed E-state index contributed by atoms with van der Waals surface area (Å²) in [6.07, 6.45) is 4.83. The van der Waals surface area contributed by atoms with Gasteiger partial charge >= 0.3 is 0 Å². The van der Waals surface area contributed by atoms with Crippen molar-refractivity contribution in [3.05, 3.63) is 34.9 Å². The Morgan fingerprint density at radius 3 is 2.42 bits per heavy atom. The predicted molar refractivity (Wildman–Crippen MR) is 95.8 cm³/mol. The number of fused-ring (bicyclic) bond motifs is 1. The van der Waals surface area contributed by atoms with Crippen LogP contribution in [-0.4, -0.2) is 55.8 Å². The highest BCUT2D eigenvalue weighted by Gasteiger charge is 2.16. The highest BCUT2D eigenvalue weighted by Crippen LogP contribution is 2.24. The SMILES string of the molecule is C[C@H](NC(=O)CN(C)CC(=O)N(C)C)c1ccc2c(c1)CCCC2. The highest BCUT2D eigenvalue weighted by atomic mass is 16.2. The largest absolute Gasteiger partial charge is 0.348 e. The van der Waals surface area contributed by atoms with Crippen molar-refractivity contribution in [3.63, 3.8) is 0 Å². The number of likely N-dealkylation sites (N-methyl/N-ethyl adjacent to an activating group) is 2. The first-order valence-corrected chi connectivity index (χ1v) is 8.66. The Hall–Kier alpha value is -1.88. The lowest BCUT2D eigenvalue weighted by Gasteiger charge is -2.22. The summed E-state index contributed by atoms with van der Waals surface area (Å²) in [4.78, 5) is 27.1. The van der Waals surface area contributed by atoms with Crippen molar-refractivity contribution >= 4 is 11.8 Å². The number of amides is 2. The van der Waals surface area contributed by atoms with Crippen molar-refractivity contribution in [2.75, 3.05) is 34.2 Å². The molecule has 0 unspecified atom stereocenters. The van der Waals surface area contributed by atoms with E-state index in [1.54, 1.807) is 26.0 Å². The standard InChI is InChI=1S/C19H29N3O2/c1-14(16-10-9-15-7-5-6-8-17(15)11-16)20-18(23)12-22(4)13-19(24)21(2)3/h9-11,14H,5-8,12-13H2,1-4H3,(H,20,23)/t14-/m0/s1.